The summed E-state index contributed by atoms with van der Waals surface area (Å²) in [7, 11) is 1.88. The first kappa shape index (κ1) is 13.8. The minimum absolute atomic E-state index is 0.0171. The molecule has 0 radical (unpaired) electrons. The van der Waals surface area contributed by atoms with E-state index in [1.165, 1.54) is 0 Å². The van der Waals surface area contributed by atoms with Gasteiger partial charge in [0, 0.05) is 24.8 Å². The molecular weight excluding hydrogens is 264 g/mol. The Balaban J connectivity index is 1.74. The number of imidazole rings is 1. The van der Waals surface area contributed by atoms with Crippen molar-refractivity contribution in [3.8, 4) is 11.3 Å². The van der Waals surface area contributed by atoms with Gasteiger partial charge in [-0.15, -0.1) is 0 Å². The molecule has 1 amide bonds. The molecule has 21 heavy (non-hydrogen) atoms. The second-order valence-electron chi connectivity index (χ2n) is 5.41. The number of piperidine rings is 1. The summed E-state index contributed by atoms with van der Waals surface area (Å²) in [5.41, 5.74) is 1.84. The molecule has 110 valence electrons. The van der Waals surface area contributed by atoms with Gasteiger partial charge in [-0.2, -0.15) is 0 Å². The van der Waals surface area contributed by atoms with Gasteiger partial charge in [0.15, 0.2) is 0 Å². The molecule has 0 saturated carbocycles. The van der Waals surface area contributed by atoms with Crippen LogP contribution in [0.4, 0.5) is 4.79 Å². The van der Waals surface area contributed by atoms with Crippen LogP contribution in [0.15, 0.2) is 42.9 Å². The first-order chi connectivity index (χ1) is 10.3. The van der Waals surface area contributed by atoms with Gasteiger partial charge in [0.05, 0.1) is 5.69 Å². The topological polar surface area (TPSA) is 50.2 Å². The number of nitrogens with zero attached hydrogens (tertiary/aromatic N) is 3. The summed E-state index contributed by atoms with van der Waals surface area (Å²) >= 11 is 0. The molecule has 0 aliphatic carbocycles. The largest absolute Gasteiger partial charge is 0.329 e. The van der Waals surface area contributed by atoms with Gasteiger partial charge in [-0.3, -0.25) is 4.57 Å². The summed E-state index contributed by atoms with van der Waals surface area (Å²) in [4.78, 5) is 18.7. The van der Waals surface area contributed by atoms with Crippen LogP contribution in [0.2, 0.25) is 0 Å². The molecule has 0 unspecified atom stereocenters. The van der Waals surface area contributed by atoms with E-state index in [1.807, 2.05) is 42.3 Å². The van der Waals surface area contributed by atoms with Gasteiger partial charge in [0.25, 0.3) is 0 Å². The Hall–Kier alpha value is -2.14. The molecule has 5 nitrogen and oxygen atoms in total. The van der Waals surface area contributed by atoms with Gasteiger partial charge in [-0.25, -0.2) is 9.78 Å². The van der Waals surface area contributed by atoms with Crippen molar-refractivity contribution >= 4 is 6.03 Å². The van der Waals surface area contributed by atoms with Crippen LogP contribution in [0.3, 0.4) is 0 Å². The Morgan fingerprint density at radius 2 is 2.00 bits per heavy atom. The van der Waals surface area contributed by atoms with Gasteiger partial charge in [0.1, 0.15) is 6.33 Å². The number of amides is 1. The lowest BCUT2D eigenvalue weighted by molar-refractivity contribution is 0.178. The van der Waals surface area contributed by atoms with Crippen molar-refractivity contribution in [1.29, 1.82) is 0 Å². The van der Waals surface area contributed by atoms with Crippen molar-refractivity contribution in [1.82, 2.24) is 19.8 Å². The van der Waals surface area contributed by atoms with Crippen LogP contribution in [0.25, 0.3) is 11.3 Å². The molecule has 1 fully saturated rings. The number of aromatic nitrogens is 2. The van der Waals surface area contributed by atoms with Crippen molar-refractivity contribution in [2.75, 3.05) is 20.1 Å². The Bertz CT molecular complexity index is 602. The van der Waals surface area contributed by atoms with E-state index >= 15 is 0 Å². The smallest absolute Gasteiger partial charge is 0.324 e. The normalized spacial score (nSPS) is 15.9. The van der Waals surface area contributed by atoms with Gasteiger partial charge in [0.2, 0.25) is 0 Å². The molecule has 1 saturated heterocycles. The average Bonchev–Trinajstić information content (AvgIpc) is 3.05. The van der Waals surface area contributed by atoms with Crippen LogP contribution in [0.5, 0.6) is 0 Å². The lowest BCUT2D eigenvalue weighted by Gasteiger charge is -2.31. The summed E-state index contributed by atoms with van der Waals surface area (Å²) < 4.78 is 1.57. The molecule has 1 aliphatic heterocycles. The van der Waals surface area contributed by atoms with E-state index in [0.29, 0.717) is 6.04 Å². The fraction of sp³-hybridized carbons (Fsp3) is 0.375. The Morgan fingerprint density at radius 3 is 2.71 bits per heavy atom. The van der Waals surface area contributed by atoms with Gasteiger partial charge < -0.3 is 10.2 Å². The molecule has 3 rings (SSSR count). The summed E-state index contributed by atoms with van der Waals surface area (Å²) in [6, 6.07) is 10.2. The summed E-state index contributed by atoms with van der Waals surface area (Å²) in [6.07, 6.45) is 5.41. The van der Waals surface area contributed by atoms with Gasteiger partial charge in [-0.05, 0) is 25.9 Å². The fourth-order valence-electron chi connectivity index (χ4n) is 2.72. The highest BCUT2D eigenvalue weighted by Gasteiger charge is 2.23. The molecule has 0 spiro atoms. The van der Waals surface area contributed by atoms with Crippen molar-refractivity contribution in [3.05, 3.63) is 42.9 Å². The number of carbonyl (C=O) groups is 1. The van der Waals surface area contributed by atoms with E-state index < -0.39 is 0 Å². The Morgan fingerprint density at radius 1 is 1.29 bits per heavy atom. The van der Waals surface area contributed by atoms with E-state index in [9.17, 15) is 4.79 Å². The van der Waals surface area contributed by atoms with Crippen molar-refractivity contribution in [2.24, 2.45) is 0 Å². The molecule has 2 heterocycles. The van der Waals surface area contributed by atoms with Gasteiger partial charge >= 0.3 is 6.03 Å². The number of rotatable bonds is 2. The predicted molar refractivity (Wildman–Crippen MR) is 82.1 cm³/mol. The third-order valence-electron chi connectivity index (χ3n) is 4.03. The fourth-order valence-corrected chi connectivity index (χ4v) is 2.72. The molecule has 1 aromatic carbocycles. The number of hydrogen-bond donors (Lipinski definition) is 1. The van der Waals surface area contributed by atoms with E-state index in [-0.39, 0.29) is 6.03 Å². The molecule has 1 aromatic heterocycles. The molecular formula is C16H20N4O. The number of nitrogens with one attached hydrogen (secondary N) is 1. The number of hydrogen-bond acceptors (Lipinski definition) is 3. The highest BCUT2D eigenvalue weighted by molar-refractivity contribution is 5.78. The lowest BCUT2D eigenvalue weighted by Crippen LogP contribution is -2.45. The maximum Gasteiger partial charge on any atom is 0.329 e. The second kappa shape index (κ2) is 6.10. The monoisotopic (exact) mass is 284 g/mol. The Labute approximate surface area is 124 Å². The van der Waals surface area contributed by atoms with E-state index in [0.717, 1.165) is 37.2 Å². The molecule has 1 N–H and O–H groups in total. The predicted octanol–water partition coefficient (Wildman–Crippen LogP) is 2.20. The van der Waals surface area contributed by atoms with Crippen molar-refractivity contribution < 1.29 is 4.79 Å². The first-order valence-electron chi connectivity index (χ1n) is 7.33. The van der Waals surface area contributed by atoms with E-state index in [4.69, 9.17) is 0 Å². The highest BCUT2D eigenvalue weighted by Crippen LogP contribution is 2.17. The first-order valence-corrected chi connectivity index (χ1v) is 7.33. The maximum absolute atomic E-state index is 12.5. The summed E-state index contributed by atoms with van der Waals surface area (Å²) in [5.74, 6) is 0. The molecule has 1 aliphatic rings. The zero-order valence-corrected chi connectivity index (χ0v) is 12.2. The van der Waals surface area contributed by atoms with Gasteiger partial charge in [-0.1, -0.05) is 30.3 Å². The quantitative estimate of drug-likeness (QED) is 0.920. The third-order valence-corrected chi connectivity index (χ3v) is 4.03. The van der Waals surface area contributed by atoms with Crippen LogP contribution in [-0.4, -0.2) is 46.7 Å². The molecule has 2 aromatic rings. The van der Waals surface area contributed by atoms with Crippen molar-refractivity contribution in [2.45, 2.75) is 18.9 Å². The van der Waals surface area contributed by atoms with Crippen LogP contribution in [-0.2, 0) is 0 Å². The van der Waals surface area contributed by atoms with Crippen LogP contribution in [0, 0.1) is 0 Å². The minimum Gasteiger partial charge on any atom is -0.324 e. The standard InChI is InChI=1S/C16H20N4O/c1-19(14-7-9-17-10-8-14)16(21)20-11-15(18-12-20)13-5-3-2-4-6-13/h2-6,11-12,14,17H,7-10H2,1H3. The Kier molecular flexibility index (Phi) is 4.01. The van der Waals surface area contributed by atoms with Crippen LogP contribution >= 0.6 is 0 Å². The zero-order valence-electron chi connectivity index (χ0n) is 12.2. The second-order valence-corrected chi connectivity index (χ2v) is 5.41. The van der Waals surface area contributed by atoms with E-state index in [2.05, 4.69) is 10.3 Å². The van der Waals surface area contributed by atoms with Crippen molar-refractivity contribution in [3.63, 3.8) is 0 Å². The summed E-state index contributed by atoms with van der Waals surface area (Å²) in [5, 5.41) is 3.32. The molecule has 0 bridgehead atoms. The third kappa shape index (κ3) is 2.97. The lowest BCUT2D eigenvalue weighted by atomic mass is 10.1. The molecule has 0 atom stereocenters. The maximum atomic E-state index is 12.5. The van der Waals surface area contributed by atoms with E-state index in [1.54, 1.807) is 17.1 Å². The average molecular weight is 284 g/mol. The SMILES string of the molecule is CN(C(=O)n1cnc(-c2ccccc2)c1)C1CCNCC1. The highest BCUT2D eigenvalue weighted by atomic mass is 16.2. The zero-order chi connectivity index (χ0) is 14.7. The van der Waals surface area contributed by atoms with Crippen LogP contribution in [0.1, 0.15) is 12.8 Å². The number of carbonyl (C=O) groups excluding carboxylic acids is 1. The molecule has 5 heteroatoms. The summed E-state index contributed by atoms with van der Waals surface area (Å²) in [6.45, 7) is 1.95. The van der Waals surface area contributed by atoms with Crippen LogP contribution < -0.4 is 5.32 Å². The number of benzene rings is 1. The minimum atomic E-state index is -0.0171.